The summed E-state index contributed by atoms with van der Waals surface area (Å²) in [6.45, 7) is 23.8. The van der Waals surface area contributed by atoms with E-state index in [4.69, 9.17) is 28.4 Å². The number of aliphatic imine (C=N–C) groups is 2. The van der Waals surface area contributed by atoms with Crippen LogP contribution in [0.3, 0.4) is 0 Å². The molecule has 2 fully saturated rings. The Kier molecular flexibility index (Phi) is 26.6. The summed E-state index contributed by atoms with van der Waals surface area (Å²) in [5.41, 5.74) is -6.57. The van der Waals surface area contributed by atoms with Crippen molar-refractivity contribution in [2.24, 2.45) is 9.98 Å². The molecule has 0 spiro atoms. The Bertz CT molecular complexity index is 3090. The fraction of sp³-hybridized carbons (Fsp3) is 0.618. The smallest absolute Gasteiger partial charge is 0.434 e. The second-order valence-electron chi connectivity index (χ2n) is 27.8. The number of carbonyl (C=O) groups excluding carboxylic acids is 8. The third-order valence-electron chi connectivity index (χ3n) is 14.4. The van der Waals surface area contributed by atoms with Gasteiger partial charge in [-0.3, -0.25) is 19.2 Å². The van der Waals surface area contributed by atoms with Crippen LogP contribution in [-0.4, -0.2) is 139 Å². The van der Waals surface area contributed by atoms with Gasteiger partial charge >= 0.3 is 36.7 Å². The van der Waals surface area contributed by atoms with E-state index in [2.05, 4.69) is 20.0 Å². The molecule has 518 valence electrons. The number of benzene rings is 2. The van der Waals surface area contributed by atoms with E-state index in [1.165, 1.54) is 9.80 Å². The van der Waals surface area contributed by atoms with Crippen molar-refractivity contribution in [3.05, 3.63) is 81.4 Å². The standard InChI is InChI=1S/C68H90F6N6O14/c1-41(77-59(85)91-63(3,4)5)21-17-15-19-23-49(81)33-43-29-47(67(69,70)71)31-45(57(43)89-51-25-27-79(38-51)61(87)93-65(9,10)11)35-55(83)53-37-54(76-40-75-53)56(84)36-46-32-48(68(72,73)74)30-44(58(46)90-52-26-28-80(39-52)62(88)94-66(12,13)14)34-50(82)24-20-16-18-22-42(2)78-60(86)92-64(6,7)8/h29-32,37,40,51-52H,15-28,33-36,38-39H2,1-14H3/t51-,52-/m1/s1. The SMILES string of the molecule is CC(CCCCCC(=O)Cc1cc(C(F)(F)F)cc(CC(=O)c2cc(C(=O)Cc3cc(C(F)(F)F)cc(CC(=O)CCCCCC(C)=NC(=O)OC(C)(C)C)c3O[C@@H]3CCN(C(=O)OC(C)(C)C)C3)ncn2)c1O[C@@H]1CCN(C(=O)OC(C)(C)C)C1)=NC(=O)OC(C)(C)C. The molecule has 0 aliphatic carbocycles. The number of carbonyl (C=O) groups is 8. The second kappa shape index (κ2) is 32.6. The molecule has 20 nitrogen and oxygen atoms in total. The Balaban J connectivity index is 1.45. The molecule has 0 saturated carbocycles. The van der Waals surface area contributed by atoms with Crippen molar-refractivity contribution < 1.29 is 93.1 Å². The zero-order valence-corrected chi connectivity index (χ0v) is 56.4. The Labute approximate surface area is 545 Å². The molecule has 0 N–H and O–H groups in total. The molecule has 3 aromatic rings. The van der Waals surface area contributed by atoms with Gasteiger partial charge in [-0.25, -0.2) is 29.1 Å². The Morgan fingerprint density at radius 2 is 0.777 bits per heavy atom. The van der Waals surface area contributed by atoms with Crippen LogP contribution in [0.5, 0.6) is 11.5 Å². The minimum absolute atomic E-state index is 0.0565. The van der Waals surface area contributed by atoms with Crippen molar-refractivity contribution >= 4 is 58.9 Å². The predicted octanol–water partition coefficient (Wildman–Crippen LogP) is 15.1. The summed E-state index contributed by atoms with van der Waals surface area (Å²) in [5, 5.41) is 0. The highest BCUT2D eigenvalue weighted by Gasteiger charge is 2.39. The number of aromatic nitrogens is 2. The van der Waals surface area contributed by atoms with Gasteiger partial charge in [0.25, 0.3) is 0 Å². The number of nitrogens with zero attached hydrogens (tertiary/aromatic N) is 6. The van der Waals surface area contributed by atoms with Crippen molar-refractivity contribution in [2.45, 2.75) is 247 Å². The molecule has 2 aliphatic heterocycles. The van der Waals surface area contributed by atoms with Crippen molar-refractivity contribution in [1.82, 2.24) is 19.8 Å². The summed E-state index contributed by atoms with van der Waals surface area (Å²) in [7, 11) is 0. The number of alkyl halides is 6. The van der Waals surface area contributed by atoms with Crippen LogP contribution in [-0.2, 0) is 66.6 Å². The highest BCUT2D eigenvalue weighted by molar-refractivity contribution is 6.01. The van der Waals surface area contributed by atoms with Gasteiger partial charge in [-0.05, 0) is 166 Å². The molecule has 1 aromatic heterocycles. The second-order valence-corrected chi connectivity index (χ2v) is 27.8. The predicted molar refractivity (Wildman–Crippen MR) is 337 cm³/mol. The molecule has 0 bridgehead atoms. The molecule has 2 aromatic carbocycles. The van der Waals surface area contributed by atoms with Crippen LogP contribution >= 0.6 is 0 Å². The molecule has 0 radical (unpaired) electrons. The zero-order chi connectivity index (χ0) is 70.3. The van der Waals surface area contributed by atoms with Crippen molar-refractivity contribution in [3.63, 3.8) is 0 Å². The Hall–Kier alpha value is -7.80. The maximum absolute atomic E-state index is 14.9. The lowest BCUT2D eigenvalue weighted by Crippen LogP contribution is -2.36. The van der Waals surface area contributed by atoms with Crippen LogP contribution in [0.25, 0.3) is 0 Å². The van der Waals surface area contributed by atoms with E-state index in [0.29, 0.717) is 74.9 Å². The number of amides is 4. The monoisotopic (exact) mass is 1330 g/mol. The maximum atomic E-state index is 14.9. The maximum Gasteiger partial charge on any atom is 0.434 e. The lowest BCUT2D eigenvalue weighted by Gasteiger charge is -2.25. The van der Waals surface area contributed by atoms with Gasteiger partial charge in [0.2, 0.25) is 0 Å². The van der Waals surface area contributed by atoms with Gasteiger partial charge in [-0.1, -0.05) is 12.8 Å². The van der Waals surface area contributed by atoms with Crippen LogP contribution < -0.4 is 9.47 Å². The number of rotatable bonds is 26. The molecule has 26 heteroatoms. The first-order chi connectivity index (χ1) is 43.4. The summed E-state index contributed by atoms with van der Waals surface area (Å²) in [6, 6.07) is 3.90. The summed E-state index contributed by atoms with van der Waals surface area (Å²) >= 11 is 0. The van der Waals surface area contributed by atoms with Crippen LogP contribution in [0.15, 0.2) is 46.6 Å². The van der Waals surface area contributed by atoms with Gasteiger partial charge in [0, 0.05) is 98.1 Å². The first kappa shape index (κ1) is 76.9. The molecule has 5 rings (SSSR count). The quantitative estimate of drug-likeness (QED) is 0.0238. The zero-order valence-electron chi connectivity index (χ0n) is 56.4. The Morgan fingerprint density at radius 1 is 0.457 bits per heavy atom. The molecule has 0 unspecified atom stereocenters. The topological polar surface area (TPSA) is 249 Å². The first-order valence-electron chi connectivity index (χ1n) is 31.6. The molecule has 94 heavy (non-hydrogen) atoms. The van der Waals surface area contributed by atoms with Crippen LogP contribution in [0, 0.1) is 0 Å². The number of hydrogen-bond acceptors (Lipinski definition) is 16. The molecule has 2 atom stereocenters. The number of likely N-dealkylation sites (tertiary alicyclic amines) is 2. The first-order valence-corrected chi connectivity index (χ1v) is 31.6. The minimum Gasteiger partial charge on any atom is -0.488 e. The van der Waals surface area contributed by atoms with E-state index in [0.717, 1.165) is 24.5 Å². The van der Waals surface area contributed by atoms with E-state index in [-0.39, 0.29) is 85.6 Å². The molecule has 2 aliphatic rings. The lowest BCUT2D eigenvalue weighted by atomic mass is 9.94. The largest absolute Gasteiger partial charge is 0.488 e. The summed E-state index contributed by atoms with van der Waals surface area (Å²) in [4.78, 5) is 126. The Morgan fingerprint density at radius 3 is 1.10 bits per heavy atom. The molecule has 3 heterocycles. The van der Waals surface area contributed by atoms with E-state index in [1.807, 2.05) is 0 Å². The van der Waals surface area contributed by atoms with Gasteiger partial charge in [0.15, 0.2) is 11.6 Å². The average Bonchev–Trinajstić information content (AvgIpc) is 0.868. The number of ether oxygens (including phenoxy) is 6. The highest BCUT2D eigenvalue weighted by atomic mass is 19.4. The van der Waals surface area contributed by atoms with Crippen LogP contribution in [0.2, 0.25) is 0 Å². The van der Waals surface area contributed by atoms with Crippen LogP contribution in [0.1, 0.15) is 228 Å². The number of hydrogen-bond donors (Lipinski definition) is 0. The van der Waals surface area contributed by atoms with Crippen molar-refractivity contribution in [1.29, 1.82) is 0 Å². The number of unbranched alkanes of at least 4 members (excludes halogenated alkanes) is 4. The third-order valence-corrected chi connectivity index (χ3v) is 14.4. The average molecular weight is 1330 g/mol. The van der Waals surface area contributed by atoms with Gasteiger partial charge < -0.3 is 38.2 Å². The van der Waals surface area contributed by atoms with Crippen LogP contribution in [0.4, 0.5) is 45.5 Å². The normalized spacial score (nSPS) is 16.0. The molecular weight excluding hydrogens is 1240 g/mol. The third kappa shape index (κ3) is 26.5. The van der Waals surface area contributed by atoms with Gasteiger partial charge in [0.1, 0.15) is 75.4 Å². The molecular formula is C68H90F6N6O14. The van der Waals surface area contributed by atoms with E-state index < -0.39 is 143 Å². The summed E-state index contributed by atoms with van der Waals surface area (Å²) in [6.07, 6.45) is -12.6. The van der Waals surface area contributed by atoms with Crippen molar-refractivity contribution in [3.8, 4) is 11.5 Å². The van der Waals surface area contributed by atoms with Gasteiger partial charge in [-0.2, -0.15) is 36.3 Å². The summed E-state index contributed by atoms with van der Waals surface area (Å²) < 4.78 is 124. The molecule has 2 saturated heterocycles. The minimum atomic E-state index is -5.00. The number of ketones is 4. The number of halogens is 6. The molecule has 4 amide bonds. The van der Waals surface area contributed by atoms with Gasteiger partial charge in [0.05, 0.1) is 24.2 Å². The highest BCUT2D eigenvalue weighted by Crippen LogP contribution is 2.40. The fourth-order valence-corrected chi connectivity index (χ4v) is 10.2. The van der Waals surface area contributed by atoms with Gasteiger partial charge in [-0.15, -0.1) is 0 Å². The van der Waals surface area contributed by atoms with E-state index >= 15 is 0 Å². The van der Waals surface area contributed by atoms with Crippen molar-refractivity contribution in [2.75, 3.05) is 26.2 Å². The van der Waals surface area contributed by atoms with E-state index in [9.17, 15) is 64.7 Å². The lowest BCUT2D eigenvalue weighted by molar-refractivity contribution is -0.138. The summed E-state index contributed by atoms with van der Waals surface area (Å²) in [5.74, 6) is -3.25. The fourth-order valence-electron chi connectivity index (χ4n) is 10.2. The van der Waals surface area contributed by atoms with E-state index in [1.54, 1.807) is 96.9 Å². The number of Topliss-reactive ketones (excluding diaryl/α,β-unsaturated/α-hetero) is 4.